The van der Waals surface area contributed by atoms with Crippen LogP contribution in [0.3, 0.4) is 0 Å². The van der Waals surface area contributed by atoms with Gasteiger partial charge in [0.05, 0.1) is 24.3 Å². The fraction of sp³-hybridized carbons (Fsp3) is 0.538. The molecular weight excluding hydrogens is 240 g/mol. The standard InChI is InChI=1S/C13H17ClO3/c1-9(15)6-10-2-3-13(12(14)7-10)17-11-4-5-16-8-11/h2-3,7,9,11,15H,4-6,8H2,1H3. The van der Waals surface area contributed by atoms with E-state index in [0.29, 0.717) is 23.8 Å². The summed E-state index contributed by atoms with van der Waals surface area (Å²) < 4.78 is 11.0. The van der Waals surface area contributed by atoms with Gasteiger partial charge in [-0.05, 0) is 31.0 Å². The van der Waals surface area contributed by atoms with E-state index in [2.05, 4.69) is 0 Å². The van der Waals surface area contributed by atoms with Gasteiger partial charge >= 0.3 is 0 Å². The van der Waals surface area contributed by atoms with Crippen molar-refractivity contribution < 1.29 is 14.6 Å². The van der Waals surface area contributed by atoms with Crippen LogP contribution in [0.4, 0.5) is 0 Å². The average molecular weight is 257 g/mol. The smallest absolute Gasteiger partial charge is 0.138 e. The summed E-state index contributed by atoms with van der Waals surface area (Å²) in [6.07, 6.45) is 1.26. The molecule has 0 radical (unpaired) electrons. The van der Waals surface area contributed by atoms with E-state index in [0.717, 1.165) is 18.6 Å². The van der Waals surface area contributed by atoms with Crippen LogP contribution >= 0.6 is 11.6 Å². The molecular formula is C13H17ClO3. The Morgan fingerprint density at radius 3 is 3.00 bits per heavy atom. The summed E-state index contributed by atoms with van der Waals surface area (Å²) in [6, 6.07) is 5.64. The number of benzene rings is 1. The van der Waals surface area contributed by atoms with Crippen LogP contribution in [0.1, 0.15) is 18.9 Å². The Bertz CT molecular complexity index is 373. The van der Waals surface area contributed by atoms with Gasteiger partial charge in [-0.2, -0.15) is 0 Å². The van der Waals surface area contributed by atoms with Gasteiger partial charge in [-0.15, -0.1) is 0 Å². The van der Waals surface area contributed by atoms with Crippen LogP contribution in [0.5, 0.6) is 5.75 Å². The van der Waals surface area contributed by atoms with Gasteiger partial charge in [-0.3, -0.25) is 0 Å². The first-order chi connectivity index (χ1) is 8.15. The van der Waals surface area contributed by atoms with Crippen LogP contribution in [0, 0.1) is 0 Å². The zero-order valence-electron chi connectivity index (χ0n) is 9.86. The predicted octanol–water partition coefficient (Wildman–Crippen LogP) is 2.43. The second kappa shape index (κ2) is 5.71. The van der Waals surface area contributed by atoms with Gasteiger partial charge in [0.2, 0.25) is 0 Å². The molecule has 1 N–H and O–H groups in total. The molecule has 4 heteroatoms. The van der Waals surface area contributed by atoms with Gasteiger partial charge in [0.1, 0.15) is 11.9 Å². The van der Waals surface area contributed by atoms with Gasteiger partial charge < -0.3 is 14.6 Å². The Kier molecular flexibility index (Phi) is 4.26. The maximum Gasteiger partial charge on any atom is 0.138 e. The Morgan fingerprint density at radius 1 is 1.59 bits per heavy atom. The molecule has 1 fully saturated rings. The van der Waals surface area contributed by atoms with E-state index in [-0.39, 0.29) is 12.2 Å². The summed E-state index contributed by atoms with van der Waals surface area (Å²) in [5.41, 5.74) is 1.01. The highest BCUT2D eigenvalue weighted by molar-refractivity contribution is 6.32. The number of rotatable bonds is 4. The largest absolute Gasteiger partial charge is 0.486 e. The van der Waals surface area contributed by atoms with Crippen molar-refractivity contribution in [3.8, 4) is 5.75 Å². The number of aliphatic hydroxyl groups is 1. The fourth-order valence-corrected chi connectivity index (χ4v) is 2.14. The molecule has 1 aromatic rings. The third-order valence-electron chi connectivity index (χ3n) is 2.71. The summed E-state index contributed by atoms with van der Waals surface area (Å²) in [5, 5.41) is 9.90. The molecule has 17 heavy (non-hydrogen) atoms. The summed E-state index contributed by atoms with van der Waals surface area (Å²) in [7, 11) is 0. The van der Waals surface area contributed by atoms with Gasteiger partial charge in [0.25, 0.3) is 0 Å². The zero-order chi connectivity index (χ0) is 12.3. The summed E-state index contributed by atoms with van der Waals surface area (Å²) in [6.45, 7) is 3.14. The molecule has 2 rings (SSSR count). The second-order valence-corrected chi connectivity index (χ2v) is 4.83. The van der Waals surface area contributed by atoms with E-state index in [1.165, 1.54) is 0 Å². The minimum atomic E-state index is -0.360. The minimum absolute atomic E-state index is 0.107. The SMILES string of the molecule is CC(O)Cc1ccc(OC2CCOC2)c(Cl)c1. The van der Waals surface area contributed by atoms with Crippen LogP contribution < -0.4 is 4.74 Å². The Balaban J connectivity index is 2.03. The molecule has 1 aliphatic heterocycles. The van der Waals surface area contributed by atoms with Crippen molar-refractivity contribution in [2.24, 2.45) is 0 Å². The van der Waals surface area contributed by atoms with Gasteiger partial charge in [-0.25, -0.2) is 0 Å². The lowest BCUT2D eigenvalue weighted by atomic mass is 10.1. The van der Waals surface area contributed by atoms with Crippen molar-refractivity contribution >= 4 is 11.6 Å². The summed E-state index contributed by atoms with van der Waals surface area (Å²) in [4.78, 5) is 0. The van der Waals surface area contributed by atoms with Gasteiger partial charge in [0, 0.05) is 6.42 Å². The molecule has 0 spiro atoms. The fourth-order valence-electron chi connectivity index (χ4n) is 1.89. The number of halogens is 1. The van der Waals surface area contributed by atoms with E-state index in [4.69, 9.17) is 21.1 Å². The molecule has 1 aromatic carbocycles. The number of aliphatic hydroxyl groups excluding tert-OH is 1. The van der Waals surface area contributed by atoms with Crippen LogP contribution in [-0.2, 0) is 11.2 Å². The highest BCUT2D eigenvalue weighted by atomic mass is 35.5. The molecule has 0 aromatic heterocycles. The van der Waals surface area contributed by atoms with Crippen molar-refractivity contribution in [3.63, 3.8) is 0 Å². The molecule has 0 aliphatic carbocycles. The lowest BCUT2D eigenvalue weighted by Crippen LogP contribution is -2.16. The van der Waals surface area contributed by atoms with Gasteiger partial charge in [0.15, 0.2) is 0 Å². The molecule has 1 saturated heterocycles. The highest BCUT2D eigenvalue weighted by Gasteiger charge is 2.18. The lowest BCUT2D eigenvalue weighted by molar-refractivity contribution is 0.141. The topological polar surface area (TPSA) is 38.7 Å². The minimum Gasteiger partial charge on any atom is -0.486 e. The van der Waals surface area contributed by atoms with Crippen molar-refractivity contribution in [2.75, 3.05) is 13.2 Å². The maximum absolute atomic E-state index is 9.30. The molecule has 94 valence electrons. The third kappa shape index (κ3) is 3.60. The molecule has 2 atom stereocenters. The first-order valence-electron chi connectivity index (χ1n) is 5.86. The molecule has 1 aliphatic rings. The molecule has 3 nitrogen and oxygen atoms in total. The monoisotopic (exact) mass is 256 g/mol. The van der Waals surface area contributed by atoms with Crippen molar-refractivity contribution in [3.05, 3.63) is 28.8 Å². The first-order valence-corrected chi connectivity index (χ1v) is 6.24. The quantitative estimate of drug-likeness (QED) is 0.899. The van der Waals surface area contributed by atoms with Crippen LogP contribution in [-0.4, -0.2) is 30.5 Å². The Hall–Kier alpha value is -0.770. The summed E-state index contributed by atoms with van der Waals surface area (Å²) in [5.74, 6) is 0.691. The maximum atomic E-state index is 9.30. The predicted molar refractivity (Wildman–Crippen MR) is 66.7 cm³/mol. The highest BCUT2D eigenvalue weighted by Crippen LogP contribution is 2.28. The second-order valence-electron chi connectivity index (χ2n) is 4.42. The van der Waals surface area contributed by atoms with E-state index < -0.39 is 0 Å². The molecule has 0 bridgehead atoms. The van der Waals surface area contributed by atoms with Crippen LogP contribution in [0.15, 0.2) is 18.2 Å². The first kappa shape index (κ1) is 12.7. The van der Waals surface area contributed by atoms with Crippen molar-refractivity contribution in [1.29, 1.82) is 0 Å². The van der Waals surface area contributed by atoms with E-state index in [9.17, 15) is 5.11 Å². The molecule has 0 amide bonds. The Morgan fingerprint density at radius 2 is 2.41 bits per heavy atom. The van der Waals surface area contributed by atoms with Crippen LogP contribution in [0.25, 0.3) is 0 Å². The van der Waals surface area contributed by atoms with Gasteiger partial charge in [-0.1, -0.05) is 17.7 Å². The average Bonchev–Trinajstić information content (AvgIpc) is 2.74. The normalized spacial score (nSPS) is 21.5. The molecule has 2 unspecified atom stereocenters. The van der Waals surface area contributed by atoms with Crippen LogP contribution in [0.2, 0.25) is 5.02 Å². The lowest BCUT2D eigenvalue weighted by Gasteiger charge is -2.14. The number of hydrogen-bond donors (Lipinski definition) is 1. The van der Waals surface area contributed by atoms with Crippen molar-refractivity contribution in [1.82, 2.24) is 0 Å². The Labute approximate surface area is 106 Å². The van der Waals surface area contributed by atoms with E-state index in [1.807, 2.05) is 18.2 Å². The summed E-state index contributed by atoms with van der Waals surface area (Å²) >= 11 is 6.14. The number of ether oxygens (including phenoxy) is 2. The van der Waals surface area contributed by atoms with Crippen molar-refractivity contribution in [2.45, 2.75) is 32.0 Å². The third-order valence-corrected chi connectivity index (χ3v) is 3.00. The van der Waals surface area contributed by atoms with E-state index in [1.54, 1.807) is 6.92 Å². The van der Waals surface area contributed by atoms with E-state index >= 15 is 0 Å². The molecule has 0 saturated carbocycles. The molecule has 1 heterocycles. The zero-order valence-corrected chi connectivity index (χ0v) is 10.6. The number of hydrogen-bond acceptors (Lipinski definition) is 3.